The molecular formula is C14H15Cl2NO2. The van der Waals surface area contributed by atoms with Crippen LogP contribution in [0.2, 0.25) is 0 Å². The number of hydrogen-bond donors (Lipinski definition) is 2. The Kier molecular flexibility index (Phi) is 2.86. The summed E-state index contributed by atoms with van der Waals surface area (Å²) < 4.78 is -0.986. The van der Waals surface area contributed by atoms with E-state index >= 15 is 0 Å². The first kappa shape index (κ1) is 13.2. The van der Waals surface area contributed by atoms with Gasteiger partial charge < -0.3 is 10.4 Å². The lowest BCUT2D eigenvalue weighted by Gasteiger charge is -2.21. The molecule has 2 aliphatic carbocycles. The Morgan fingerprint density at radius 3 is 2.68 bits per heavy atom. The van der Waals surface area contributed by atoms with Crippen LogP contribution in [0.25, 0.3) is 0 Å². The monoisotopic (exact) mass is 299 g/mol. The smallest absolute Gasteiger partial charge is 0.229 e. The van der Waals surface area contributed by atoms with Crippen molar-refractivity contribution in [3.8, 4) is 0 Å². The number of aliphatic hydroxyl groups is 1. The van der Waals surface area contributed by atoms with Crippen molar-refractivity contribution in [1.29, 1.82) is 0 Å². The molecule has 0 unspecified atom stereocenters. The van der Waals surface area contributed by atoms with Crippen molar-refractivity contribution in [2.24, 2.45) is 5.41 Å². The fourth-order valence-corrected chi connectivity index (χ4v) is 3.40. The summed E-state index contributed by atoms with van der Waals surface area (Å²) in [6, 6.07) is 7.37. The van der Waals surface area contributed by atoms with E-state index in [0.717, 1.165) is 11.1 Å². The lowest BCUT2D eigenvalue weighted by atomic mass is 10.0. The minimum Gasteiger partial charge on any atom is -0.390 e. The van der Waals surface area contributed by atoms with E-state index < -0.39 is 15.9 Å². The molecule has 0 aromatic heterocycles. The summed E-state index contributed by atoms with van der Waals surface area (Å²) in [5.41, 5.74) is 1.29. The summed E-state index contributed by atoms with van der Waals surface area (Å²) >= 11 is 12.0. The first-order valence-electron chi connectivity index (χ1n) is 6.30. The molecule has 3 nitrogen and oxygen atoms in total. The summed E-state index contributed by atoms with van der Waals surface area (Å²) in [7, 11) is 0. The number of alkyl halides is 2. The number of carbonyl (C=O) groups is 1. The molecule has 0 aliphatic heterocycles. The molecule has 0 spiro atoms. The highest BCUT2D eigenvalue weighted by Gasteiger charge is 2.68. The maximum Gasteiger partial charge on any atom is 0.229 e. The standard InChI is InChI=1S/C14H15Cl2NO2/c1-13(7-14(13,15)16)12(19)17-11-9-5-3-2-4-8(9)6-10(11)18/h2-5,10-11,18H,6-7H2,1H3,(H,17,19)/t10-,11-,13+/m0/s1. The molecule has 1 saturated carbocycles. The molecule has 0 bridgehead atoms. The lowest BCUT2D eigenvalue weighted by Crippen LogP contribution is -2.39. The number of rotatable bonds is 2. The molecule has 0 saturated heterocycles. The van der Waals surface area contributed by atoms with Crippen molar-refractivity contribution in [3.63, 3.8) is 0 Å². The van der Waals surface area contributed by atoms with Gasteiger partial charge in [0.15, 0.2) is 0 Å². The Morgan fingerprint density at radius 1 is 1.42 bits per heavy atom. The van der Waals surface area contributed by atoms with Gasteiger partial charge in [0.2, 0.25) is 5.91 Å². The first-order chi connectivity index (χ1) is 8.85. The Labute approximate surface area is 121 Å². The van der Waals surface area contributed by atoms with Crippen LogP contribution in [-0.4, -0.2) is 21.5 Å². The van der Waals surface area contributed by atoms with E-state index in [2.05, 4.69) is 5.32 Å². The van der Waals surface area contributed by atoms with E-state index in [1.807, 2.05) is 24.3 Å². The molecule has 19 heavy (non-hydrogen) atoms. The fourth-order valence-electron chi connectivity index (χ4n) is 2.69. The van der Waals surface area contributed by atoms with Crippen molar-refractivity contribution in [2.75, 3.05) is 0 Å². The predicted molar refractivity (Wildman–Crippen MR) is 74.2 cm³/mol. The molecule has 102 valence electrons. The summed E-state index contributed by atoms with van der Waals surface area (Å²) in [4.78, 5) is 12.3. The Hall–Kier alpha value is -0.770. The molecule has 2 N–H and O–H groups in total. The maximum absolute atomic E-state index is 12.3. The van der Waals surface area contributed by atoms with Crippen LogP contribution in [0.1, 0.15) is 30.5 Å². The van der Waals surface area contributed by atoms with Crippen LogP contribution in [0.15, 0.2) is 24.3 Å². The molecule has 5 heteroatoms. The molecule has 3 atom stereocenters. The fraction of sp³-hybridized carbons (Fsp3) is 0.500. The van der Waals surface area contributed by atoms with E-state index in [1.165, 1.54) is 0 Å². The van der Waals surface area contributed by atoms with E-state index in [1.54, 1.807) is 6.92 Å². The number of halogens is 2. The van der Waals surface area contributed by atoms with Gasteiger partial charge in [0.05, 0.1) is 17.6 Å². The van der Waals surface area contributed by atoms with Gasteiger partial charge in [-0.05, 0) is 24.5 Å². The van der Waals surface area contributed by atoms with Crippen LogP contribution in [-0.2, 0) is 11.2 Å². The van der Waals surface area contributed by atoms with Gasteiger partial charge in [-0.25, -0.2) is 0 Å². The molecule has 1 amide bonds. The Morgan fingerprint density at radius 2 is 2.05 bits per heavy atom. The van der Waals surface area contributed by atoms with E-state index in [-0.39, 0.29) is 11.9 Å². The number of amides is 1. The summed E-state index contributed by atoms with van der Waals surface area (Å²) in [5.74, 6) is -0.196. The topological polar surface area (TPSA) is 49.3 Å². The average molecular weight is 300 g/mol. The van der Waals surface area contributed by atoms with Crippen LogP contribution in [0.3, 0.4) is 0 Å². The van der Waals surface area contributed by atoms with Gasteiger partial charge in [0.25, 0.3) is 0 Å². The Bertz CT molecular complexity index is 546. The molecule has 3 rings (SSSR count). The van der Waals surface area contributed by atoms with Crippen molar-refractivity contribution < 1.29 is 9.90 Å². The lowest BCUT2D eigenvalue weighted by molar-refractivity contribution is -0.127. The molecule has 0 radical (unpaired) electrons. The second-order valence-corrected chi connectivity index (χ2v) is 7.12. The molecule has 2 aliphatic rings. The SMILES string of the molecule is C[C@]1(C(=O)N[C@H]2c3ccccc3C[C@@H]2O)CC1(Cl)Cl. The van der Waals surface area contributed by atoms with Gasteiger partial charge in [0, 0.05) is 6.42 Å². The van der Waals surface area contributed by atoms with Crippen LogP contribution in [0.4, 0.5) is 0 Å². The number of fused-ring (bicyclic) bond motifs is 1. The van der Waals surface area contributed by atoms with Crippen molar-refractivity contribution in [3.05, 3.63) is 35.4 Å². The molecule has 1 aromatic carbocycles. The van der Waals surface area contributed by atoms with Gasteiger partial charge in [-0.1, -0.05) is 24.3 Å². The minimum atomic E-state index is -0.986. The van der Waals surface area contributed by atoms with Crippen molar-refractivity contribution in [1.82, 2.24) is 5.32 Å². The largest absolute Gasteiger partial charge is 0.390 e. The van der Waals surface area contributed by atoms with Crippen molar-refractivity contribution in [2.45, 2.75) is 36.2 Å². The number of aliphatic hydroxyl groups excluding tert-OH is 1. The predicted octanol–water partition coefficient (Wildman–Crippen LogP) is 2.34. The maximum atomic E-state index is 12.3. The quantitative estimate of drug-likeness (QED) is 0.824. The zero-order valence-electron chi connectivity index (χ0n) is 10.5. The molecule has 0 heterocycles. The molecule has 1 aromatic rings. The second-order valence-electron chi connectivity index (χ2n) is 5.63. The van der Waals surface area contributed by atoms with Crippen LogP contribution >= 0.6 is 23.2 Å². The van der Waals surface area contributed by atoms with Crippen LogP contribution < -0.4 is 5.32 Å². The third-order valence-electron chi connectivity index (χ3n) is 4.25. The number of benzene rings is 1. The minimum absolute atomic E-state index is 0.196. The van der Waals surface area contributed by atoms with Crippen molar-refractivity contribution >= 4 is 29.1 Å². The third-order valence-corrected chi connectivity index (χ3v) is 5.35. The van der Waals surface area contributed by atoms with Gasteiger partial charge in [-0.3, -0.25) is 4.79 Å². The van der Waals surface area contributed by atoms with E-state index in [0.29, 0.717) is 12.8 Å². The number of hydrogen-bond acceptors (Lipinski definition) is 2. The highest BCUT2D eigenvalue weighted by Crippen LogP contribution is 2.64. The average Bonchev–Trinajstić information content (AvgIpc) is 2.72. The summed E-state index contributed by atoms with van der Waals surface area (Å²) in [6.07, 6.45) is 0.410. The normalized spacial score (nSPS) is 34.7. The van der Waals surface area contributed by atoms with Crippen LogP contribution in [0.5, 0.6) is 0 Å². The first-order valence-corrected chi connectivity index (χ1v) is 7.05. The summed E-state index contributed by atoms with van der Waals surface area (Å²) in [6.45, 7) is 1.75. The highest BCUT2D eigenvalue weighted by atomic mass is 35.5. The summed E-state index contributed by atoms with van der Waals surface area (Å²) in [5, 5.41) is 13.0. The zero-order valence-corrected chi connectivity index (χ0v) is 12.0. The molecular weight excluding hydrogens is 285 g/mol. The third kappa shape index (κ3) is 1.95. The zero-order chi connectivity index (χ0) is 13.8. The number of nitrogens with one attached hydrogen (secondary N) is 1. The highest BCUT2D eigenvalue weighted by molar-refractivity contribution is 6.53. The van der Waals surface area contributed by atoms with Gasteiger partial charge in [0.1, 0.15) is 4.33 Å². The van der Waals surface area contributed by atoms with E-state index in [4.69, 9.17) is 23.2 Å². The van der Waals surface area contributed by atoms with Gasteiger partial charge >= 0.3 is 0 Å². The Balaban J connectivity index is 1.80. The number of carbonyl (C=O) groups excluding carboxylic acids is 1. The molecule has 1 fully saturated rings. The van der Waals surface area contributed by atoms with Gasteiger partial charge in [-0.2, -0.15) is 0 Å². The van der Waals surface area contributed by atoms with Crippen LogP contribution in [0, 0.1) is 5.41 Å². The second kappa shape index (κ2) is 4.11. The van der Waals surface area contributed by atoms with E-state index in [9.17, 15) is 9.90 Å². The van der Waals surface area contributed by atoms with Gasteiger partial charge in [-0.15, -0.1) is 23.2 Å².